The van der Waals surface area contributed by atoms with Crippen LogP contribution >= 0.6 is 0 Å². The first-order chi connectivity index (χ1) is 26.7. The Kier molecular flexibility index (Phi) is 11.8. The molecular formula is C48H41F7. The summed E-state index contributed by atoms with van der Waals surface area (Å²) in [5, 5.41) is 0. The quantitative estimate of drug-likeness (QED) is 0.149. The molecule has 0 aliphatic heterocycles. The summed E-state index contributed by atoms with van der Waals surface area (Å²) in [6.45, 7) is 0. The van der Waals surface area contributed by atoms with E-state index in [2.05, 4.69) is 0 Å². The first-order valence-electron chi connectivity index (χ1n) is 19.1. The van der Waals surface area contributed by atoms with Gasteiger partial charge in [0.2, 0.25) is 0 Å². The van der Waals surface area contributed by atoms with Crippen LogP contribution in [0.2, 0.25) is 0 Å². The van der Waals surface area contributed by atoms with Gasteiger partial charge in [-0.1, -0.05) is 148 Å². The molecule has 0 N–H and O–H groups in total. The highest BCUT2D eigenvalue weighted by atomic mass is 19.2. The van der Waals surface area contributed by atoms with Crippen LogP contribution in [0.4, 0.5) is 30.7 Å². The van der Waals surface area contributed by atoms with E-state index >= 15 is 0 Å². The highest BCUT2D eigenvalue weighted by Gasteiger charge is 2.26. The molecule has 0 aromatic heterocycles. The second kappa shape index (κ2) is 17.1. The monoisotopic (exact) mass is 750 g/mol. The molecule has 2 aliphatic rings. The van der Waals surface area contributed by atoms with Crippen molar-refractivity contribution in [2.45, 2.75) is 76.0 Å². The predicted octanol–water partition coefficient (Wildman–Crippen LogP) is 15.1. The van der Waals surface area contributed by atoms with Gasteiger partial charge in [0.1, 0.15) is 5.82 Å². The zero-order valence-corrected chi connectivity index (χ0v) is 30.3. The summed E-state index contributed by atoms with van der Waals surface area (Å²) in [6, 6.07) is 30.8. The van der Waals surface area contributed by atoms with Gasteiger partial charge in [-0.25, -0.2) is 30.7 Å². The molecule has 0 amide bonds. The number of hydrogen-bond acceptors (Lipinski definition) is 0. The van der Waals surface area contributed by atoms with E-state index in [-0.39, 0.29) is 45.5 Å². The third-order valence-corrected chi connectivity index (χ3v) is 11.1. The Bertz CT molecular complexity index is 2250. The standard InChI is InChI=1S/C24H20F4.C24H21F3/c25-21-17(15-7-3-1-4-8-15)11-13-19(23(21)27)20-14-12-18(22(26)24(20)28)16-9-5-2-6-10-16;25-22-15-18(11-12-19(22)16-7-3-1-4-8-16)21-14-13-20(23(26)24(21)27)17-9-5-2-6-10-17/h1,3-4,7-8,11-14,16H,2,5-6,9-10H2;2,5-6,9-16H,1,3-4,7-8H2. The fraction of sp³-hybridized carbons (Fsp3) is 0.250. The van der Waals surface area contributed by atoms with Crippen LogP contribution in [-0.4, -0.2) is 0 Å². The lowest BCUT2D eigenvalue weighted by atomic mass is 9.83. The van der Waals surface area contributed by atoms with Crippen LogP contribution < -0.4 is 0 Å². The molecule has 2 aliphatic carbocycles. The van der Waals surface area contributed by atoms with E-state index < -0.39 is 34.9 Å². The second-order valence-corrected chi connectivity index (χ2v) is 14.5. The Hall–Kier alpha value is -5.17. The van der Waals surface area contributed by atoms with E-state index in [1.807, 2.05) is 6.07 Å². The van der Waals surface area contributed by atoms with Crippen molar-refractivity contribution in [3.05, 3.63) is 167 Å². The van der Waals surface area contributed by atoms with Crippen molar-refractivity contribution >= 4 is 0 Å². The van der Waals surface area contributed by atoms with E-state index in [0.717, 1.165) is 57.8 Å². The molecule has 0 heterocycles. The fourth-order valence-corrected chi connectivity index (χ4v) is 8.15. The summed E-state index contributed by atoms with van der Waals surface area (Å²) in [5.74, 6) is -6.27. The van der Waals surface area contributed by atoms with Gasteiger partial charge >= 0.3 is 0 Å². The molecule has 0 unspecified atom stereocenters. The molecular weight excluding hydrogens is 710 g/mol. The van der Waals surface area contributed by atoms with E-state index in [9.17, 15) is 30.7 Å². The molecule has 0 saturated heterocycles. The molecule has 0 spiro atoms. The Balaban J connectivity index is 0.000000169. The van der Waals surface area contributed by atoms with E-state index in [4.69, 9.17) is 0 Å². The highest BCUT2D eigenvalue weighted by molar-refractivity contribution is 5.73. The molecule has 7 heteroatoms. The number of halogens is 7. The normalized spacial score (nSPS) is 15.0. The van der Waals surface area contributed by atoms with Gasteiger partial charge in [0.15, 0.2) is 34.9 Å². The summed E-state index contributed by atoms with van der Waals surface area (Å²) in [6.07, 6.45) is 10.2. The number of hydrogen-bond donors (Lipinski definition) is 0. The molecule has 282 valence electrons. The maximum absolute atomic E-state index is 14.8. The summed E-state index contributed by atoms with van der Waals surface area (Å²) < 4.78 is 103. The molecule has 55 heavy (non-hydrogen) atoms. The third kappa shape index (κ3) is 8.12. The van der Waals surface area contributed by atoms with Crippen LogP contribution in [0.15, 0.2) is 115 Å². The van der Waals surface area contributed by atoms with Gasteiger partial charge in [0.25, 0.3) is 0 Å². The van der Waals surface area contributed by atoms with Crippen molar-refractivity contribution in [3.8, 4) is 44.5 Å². The van der Waals surface area contributed by atoms with Crippen LogP contribution in [0.25, 0.3) is 44.5 Å². The average molecular weight is 751 g/mol. The lowest BCUT2D eigenvalue weighted by Crippen LogP contribution is -2.08. The molecule has 0 radical (unpaired) electrons. The summed E-state index contributed by atoms with van der Waals surface area (Å²) in [5.41, 5.74) is 2.37. The van der Waals surface area contributed by atoms with E-state index in [1.54, 1.807) is 72.8 Å². The summed E-state index contributed by atoms with van der Waals surface area (Å²) in [4.78, 5) is 0. The highest BCUT2D eigenvalue weighted by Crippen LogP contribution is 2.40. The van der Waals surface area contributed by atoms with Crippen molar-refractivity contribution < 1.29 is 30.7 Å². The van der Waals surface area contributed by atoms with Crippen LogP contribution in [-0.2, 0) is 0 Å². The first kappa shape index (κ1) is 38.1. The van der Waals surface area contributed by atoms with Crippen LogP contribution in [0.5, 0.6) is 0 Å². The van der Waals surface area contributed by atoms with Gasteiger partial charge < -0.3 is 0 Å². The second-order valence-electron chi connectivity index (χ2n) is 14.5. The Morgan fingerprint density at radius 1 is 0.309 bits per heavy atom. The van der Waals surface area contributed by atoms with Crippen LogP contribution in [0, 0.1) is 40.7 Å². The van der Waals surface area contributed by atoms with Gasteiger partial charge in [-0.3, -0.25) is 0 Å². The van der Waals surface area contributed by atoms with Crippen LogP contribution in [0.1, 0.15) is 87.2 Å². The molecule has 0 bridgehead atoms. The third-order valence-electron chi connectivity index (χ3n) is 11.1. The minimum atomic E-state index is -1.18. The van der Waals surface area contributed by atoms with Crippen LogP contribution in [0.3, 0.4) is 0 Å². The number of benzene rings is 6. The van der Waals surface area contributed by atoms with Gasteiger partial charge in [-0.15, -0.1) is 0 Å². The zero-order valence-electron chi connectivity index (χ0n) is 30.3. The van der Waals surface area contributed by atoms with Crippen molar-refractivity contribution in [2.24, 2.45) is 0 Å². The summed E-state index contributed by atoms with van der Waals surface area (Å²) in [7, 11) is 0. The van der Waals surface area contributed by atoms with Gasteiger partial charge in [0, 0.05) is 27.8 Å². The SMILES string of the molecule is Fc1c(-c2ccccc2)ccc(-c2ccc(C3CCCCC3)c(F)c2F)c1F.Fc1cc(-c2ccc(-c3ccccc3)c(F)c2F)ccc1C1CCCCC1. The zero-order chi connectivity index (χ0) is 38.5. The molecule has 2 saturated carbocycles. The Morgan fingerprint density at radius 2 is 0.673 bits per heavy atom. The fourth-order valence-electron chi connectivity index (χ4n) is 8.15. The maximum atomic E-state index is 14.8. The molecule has 0 nitrogen and oxygen atoms in total. The van der Waals surface area contributed by atoms with E-state index in [0.29, 0.717) is 27.8 Å². The number of rotatable bonds is 6. The largest absolute Gasteiger partial charge is 0.207 e. The average Bonchev–Trinajstić information content (AvgIpc) is 3.22. The molecule has 8 rings (SSSR count). The predicted molar refractivity (Wildman–Crippen MR) is 206 cm³/mol. The van der Waals surface area contributed by atoms with Crippen molar-refractivity contribution in [1.82, 2.24) is 0 Å². The minimum absolute atomic E-state index is 0.0145. The summed E-state index contributed by atoms with van der Waals surface area (Å²) >= 11 is 0. The first-order valence-corrected chi connectivity index (χ1v) is 19.1. The minimum Gasteiger partial charge on any atom is -0.207 e. The lowest BCUT2D eigenvalue weighted by molar-refractivity contribution is 0.417. The topological polar surface area (TPSA) is 0 Å². The Labute approximate surface area is 317 Å². The van der Waals surface area contributed by atoms with Gasteiger partial charge in [0.05, 0.1) is 0 Å². The maximum Gasteiger partial charge on any atom is 0.167 e. The van der Waals surface area contributed by atoms with Crippen molar-refractivity contribution in [3.63, 3.8) is 0 Å². The molecule has 2 fully saturated rings. The van der Waals surface area contributed by atoms with Crippen molar-refractivity contribution in [1.29, 1.82) is 0 Å². The molecule has 6 aromatic carbocycles. The van der Waals surface area contributed by atoms with E-state index in [1.165, 1.54) is 42.8 Å². The van der Waals surface area contributed by atoms with Gasteiger partial charge in [-0.2, -0.15) is 0 Å². The lowest BCUT2D eigenvalue weighted by Gasteiger charge is -2.23. The molecule has 0 atom stereocenters. The van der Waals surface area contributed by atoms with Gasteiger partial charge in [-0.05, 0) is 71.4 Å². The molecule has 6 aromatic rings. The smallest absolute Gasteiger partial charge is 0.167 e. The Morgan fingerprint density at radius 3 is 1.15 bits per heavy atom. The van der Waals surface area contributed by atoms with Crippen molar-refractivity contribution in [2.75, 3.05) is 0 Å².